The largest absolute Gasteiger partial charge is 0.487 e. The molecule has 0 spiro atoms. The van der Waals surface area contributed by atoms with E-state index in [1.165, 1.54) is 10.1 Å². The number of carbonyl (C=O) groups excluding carboxylic acids is 2. The van der Waals surface area contributed by atoms with Crippen molar-refractivity contribution in [2.45, 2.75) is 25.9 Å². The molecular weight excluding hydrogens is 550 g/mol. The molecule has 1 aliphatic heterocycles. The summed E-state index contributed by atoms with van der Waals surface area (Å²) < 4.78 is 19.1. The van der Waals surface area contributed by atoms with Crippen molar-refractivity contribution in [3.8, 4) is 17.2 Å². The fourth-order valence-electron chi connectivity index (χ4n) is 5.06. The van der Waals surface area contributed by atoms with Crippen molar-refractivity contribution in [2.75, 3.05) is 51.8 Å². The number of aliphatic hydroxyl groups is 1. The molecule has 1 fully saturated rings. The van der Waals surface area contributed by atoms with Crippen LogP contribution in [0.4, 0.5) is 10.6 Å². The number of likely N-dealkylation sites (tertiary alicyclic amines) is 1. The predicted molar refractivity (Wildman–Crippen MR) is 163 cm³/mol. The van der Waals surface area contributed by atoms with Gasteiger partial charge in [0.15, 0.2) is 11.5 Å². The average Bonchev–Trinajstić information content (AvgIpc) is 3.39. The van der Waals surface area contributed by atoms with E-state index in [4.69, 9.17) is 14.2 Å². The first-order valence-electron chi connectivity index (χ1n) is 14.4. The minimum Gasteiger partial charge on any atom is -0.487 e. The number of aliphatic hydroxyl groups excluding tert-OH is 1. The zero-order valence-corrected chi connectivity index (χ0v) is 24.6. The molecule has 3 heterocycles. The Morgan fingerprint density at radius 3 is 2.58 bits per heavy atom. The molecule has 5 rings (SSSR count). The summed E-state index contributed by atoms with van der Waals surface area (Å²) in [5.41, 5.74) is 2.36. The van der Waals surface area contributed by atoms with Gasteiger partial charge in [0.25, 0.3) is 5.91 Å². The Labute approximate surface area is 250 Å². The van der Waals surface area contributed by atoms with E-state index in [1.54, 1.807) is 50.6 Å². The van der Waals surface area contributed by atoms with Gasteiger partial charge in [-0.05, 0) is 49.7 Å². The van der Waals surface area contributed by atoms with Crippen molar-refractivity contribution in [2.24, 2.45) is 0 Å². The van der Waals surface area contributed by atoms with Gasteiger partial charge in [0, 0.05) is 74.7 Å². The molecule has 2 amide bonds. The molecule has 4 aromatic rings. The van der Waals surface area contributed by atoms with E-state index >= 15 is 0 Å². The summed E-state index contributed by atoms with van der Waals surface area (Å²) in [5, 5.41) is 15.8. The number of nitrogens with zero attached hydrogens (tertiary/aromatic N) is 3. The first kappa shape index (κ1) is 30.0. The van der Waals surface area contributed by atoms with E-state index in [0.29, 0.717) is 66.4 Å². The lowest BCUT2D eigenvalue weighted by molar-refractivity contribution is 0.0741. The second kappa shape index (κ2) is 13.7. The van der Waals surface area contributed by atoms with Crippen LogP contribution in [0.25, 0.3) is 10.9 Å². The lowest BCUT2D eigenvalue weighted by Gasteiger charge is -2.40. The van der Waals surface area contributed by atoms with E-state index in [9.17, 15) is 14.7 Å². The number of rotatable bonds is 12. The minimum absolute atomic E-state index is 0.268. The number of ether oxygens (including phenoxy) is 3. The number of hydrogen-bond donors (Lipinski definition) is 3. The molecule has 2 aromatic heterocycles. The number of anilines is 1. The van der Waals surface area contributed by atoms with Gasteiger partial charge < -0.3 is 30.0 Å². The Balaban J connectivity index is 1.28. The van der Waals surface area contributed by atoms with Crippen molar-refractivity contribution < 1.29 is 28.9 Å². The predicted octanol–water partition coefficient (Wildman–Crippen LogP) is 4.46. The normalized spacial score (nSPS) is 14.2. The Hall–Kier alpha value is -4.45. The lowest BCUT2D eigenvalue weighted by Crippen LogP contribution is -2.47. The molecule has 43 heavy (non-hydrogen) atoms. The van der Waals surface area contributed by atoms with E-state index in [0.717, 1.165) is 18.5 Å². The van der Waals surface area contributed by atoms with Gasteiger partial charge in [-0.3, -0.25) is 14.3 Å². The SMILES string of the molecule is CCOCCOc1cc2c(ccn2C(=O)NC)cc1Oc1ccnc(NC(=O)c2ccc(C3CN(C[C@H](C)O)C3)cc2)c1. The quantitative estimate of drug-likeness (QED) is 0.207. The summed E-state index contributed by atoms with van der Waals surface area (Å²) in [7, 11) is 1.57. The summed E-state index contributed by atoms with van der Waals surface area (Å²) in [6, 6.07) is 16.0. The smallest absolute Gasteiger partial charge is 0.325 e. The van der Waals surface area contributed by atoms with Crippen LogP contribution >= 0.6 is 0 Å². The summed E-state index contributed by atoms with van der Waals surface area (Å²) in [6.07, 6.45) is 2.90. The number of pyridine rings is 1. The Kier molecular flexibility index (Phi) is 9.55. The molecule has 226 valence electrons. The van der Waals surface area contributed by atoms with Crippen molar-refractivity contribution >= 4 is 28.7 Å². The maximum atomic E-state index is 13.0. The number of carbonyl (C=O) groups is 2. The van der Waals surface area contributed by atoms with Crippen LogP contribution in [0.5, 0.6) is 17.2 Å². The number of nitrogens with one attached hydrogen (secondary N) is 2. The van der Waals surface area contributed by atoms with E-state index < -0.39 is 0 Å². The van der Waals surface area contributed by atoms with Crippen LogP contribution < -0.4 is 20.1 Å². The van der Waals surface area contributed by atoms with Crippen LogP contribution in [0.1, 0.15) is 35.7 Å². The van der Waals surface area contributed by atoms with Crippen LogP contribution in [0.3, 0.4) is 0 Å². The molecule has 1 atom stereocenters. The summed E-state index contributed by atoms with van der Waals surface area (Å²) >= 11 is 0. The first-order valence-corrected chi connectivity index (χ1v) is 14.4. The molecule has 1 aliphatic rings. The lowest BCUT2D eigenvalue weighted by atomic mass is 9.90. The summed E-state index contributed by atoms with van der Waals surface area (Å²) in [4.78, 5) is 31.8. The highest BCUT2D eigenvalue weighted by Crippen LogP contribution is 2.37. The van der Waals surface area contributed by atoms with Gasteiger partial charge in [-0.25, -0.2) is 9.78 Å². The second-order valence-corrected chi connectivity index (χ2v) is 10.5. The molecular formula is C32H37N5O6. The van der Waals surface area contributed by atoms with Crippen LogP contribution in [0.2, 0.25) is 0 Å². The van der Waals surface area contributed by atoms with Gasteiger partial charge in [-0.15, -0.1) is 0 Å². The zero-order chi connectivity index (χ0) is 30.3. The molecule has 0 bridgehead atoms. The third kappa shape index (κ3) is 7.31. The highest BCUT2D eigenvalue weighted by atomic mass is 16.5. The maximum absolute atomic E-state index is 13.0. The molecule has 0 unspecified atom stereocenters. The van der Waals surface area contributed by atoms with Crippen LogP contribution in [-0.2, 0) is 4.74 Å². The van der Waals surface area contributed by atoms with Crippen LogP contribution in [-0.4, -0.2) is 84.1 Å². The number of aromatic nitrogens is 2. The van der Waals surface area contributed by atoms with Gasteiger partial charge in [0.1, 0.15) is 18.2 Å². The number of hydrogen-bond acceptors (Lipinski definition) is 8. The van der Waals surface area contributed by atoms with Crippen LogP contribution in [0.15, 0.2) is 67.0 Å². The molecule has 0 aliphatic carbocycles. The molecule has 2 aromatic carbocycles. The third-order valence-electron chi connectivity index (χ3n) is 7.20. The Bertz CT molecular complexity index is 1560. The van der Waals surface area contributed by atoms with Crippen molar-refractivity contribution in [1.82, 2.24) is 19.8 Å². The number of fused-ring (bicyclic) bond motifs is 1. The molecule has 1 saturated heterocycles. The maximum Gasteiger partial charge on any atom is 0.325 e. The fraction of sp³-hybridized carbons (Fsp3) is 0.344. The molecule has 3 N–H and O–H groups in total. The fourth-order valence-corrected chi connectivity index (χ4v) is 5.06. The van der Waals surface area contributed by atoms with Crippen LogP contribution in [0, 0.1) is 0 Å². The van der Waals surface area contributed by atoms with Gasteiger partial charge in [0.2, 0.25) is 0 Å². The van der Waals surface area contributed by atoms with E-state index in [-0.39, 0.29) is 18.0 Å². The zero-order valence-electron chi connectivity index (χ0n) is 24.6. The molecule has 11 heteroatoms. The number of amides is 2. The van der Waals surface area contributed by atoms with E-state index in [1.807, 2.05) is 37.3 Å². The standard InChI is InChI=1S/C32H37N5O6/c1-4-41-13-14-42-28-17-27-24(10-12-37(27)32(40)33-3)15-29(28)43-26-9-11-34-30(16-26)35-31(39)23-7-5-22(6-8-23)25-19-36(20-25)18-21(2)38/h5-12,15-17,21,25,38H,4,13-14,18-20H2,1-3H3,(H,33,40)(H,34,35,39)/t21-/m0/s1. The third-order valence-corrected chi connectivity index (χ3v) is 7.20. The topological polar surface area (TPSA) is 127 Å². The molecule has 11 nitrogen and oxygen atoms in total. The van der Waals surface area contributed by atoms with E-state index in [2.05, 4.69) is 20.5 Å². The van der Waals surface area contributed by atoms with Gasteiger partial charge in [-0.2, -0.15) is 0 Å². The molecule has 0 saturated carbocycles. The number of β-amino-alcohol motifs (C(OH)–C–C–N with tert-alkyl or cyclic N) is 1. The highest BCUT2D eigenvalue weighted by Gasteiger charge is 2.28. The molecule has 0 radical (unpaired) electrons. The number of benzene rings is 2. The first-order chi connectivity index (χ1) is 20.8. The second-order valence-electron chi connectivity index (χ2n) is 10.5. The average molecular weight is 588 g/mol. The summed E-state index contributed by atoms with van der Waals surface area (Å²) in [5.74, 6) is 1.80. The minimum atomic E-state index is -0.336. The van der Waals surface area contributed by atoms with Gasteiger partial charge in [0.05, 0.1) is 18.2 Å². The monoisotopic (exact) mass is 587 g/mol. The Morgan fingerprint density at radius 2 is 1.86 bits per heavy atom. The van der Waals surface area contributed by atoms with Crippen molar-refractivity contribution in [3.05, 3.63) is 78.1 Å². The van der Waals surface area contributed by atoms with Crippen molar-refractivity contribution in [1.29, 1.82) is 0 Å². The Morgan fingerprint density at radius 1 is 1.07 bits per heavy atom. The van der Waals surface area contributed by atoms with Crippen molar-refractivity contribution in [3.63, 3.8) is 0 Å². The highest BCUT2D eigenvalue weighted by molar-refractivity contribution is 6.03. The van der Waals surface area contributed by atoms with Gasteiger partial charge in [-0.1, -0.05) is 12.1 Å². The van der Waals surface area contributed by atoms with Gasteiger partial charge >= 0.3 is 6.03 Å². The summed E-state index contributed by atoms with van der Waals surface area (Å²) in [6.45, 7) is 7.46.